The third kappa shape index (κ3) is 2.41. The van der Waals surface area contributed by atoms with E-state index in [0.717, 1.165) is 18.0 Å². The average molecular weight is 182 g/mol. The molecule has 1 aromatic rings. The summed E-state index contributed by atoms with van der Waals surface area (Å²) in [4.78, 5) is 0. The van der Waals surface area contributed by atoms with Crippen molar-refractivity contribution in [3.8, 4) is 0 Å². The zero-order chi connectivity index (χ0) is 8.97. The molecule has 0 spiro atoms. The molecule has 2 nitrogen and oxygen atoms in total. The predicted molar refractivity (Wildman–Crippen MR) is 54.7 cm³/mol. The molecule has 12 heavy (non-hydrogen) atoms. The molecular formula is C9H14N2S. The Morgan fingerprint density at radius 1 is 1.50 bits per heavy atom. The van der Waals surface area contributed by atoms with Crippen LogP contribution in [0, 0.1) is 13.8 Å². The lowest BCUT2D eigenvalue weighted by Crippen LogP contribution is -1.99. The number of hydrogen-bond donors (Lipinski definition) is 1. The Balaban J connectivity index is 2.62. The highest BCUT2D eigenvalue weighted by molar-refractivity contribution is 7.80. The smallest absolute Gasteiger partial charge is 0.0596 e. The molecule has 3 heteroatoms. The van der Waals surface area contributed by atoms with Gasteiger partial charge in [0.25, 0.3) is 0 Å². The van der Waals surface area contributed by atoms with E-state index in [0.29, 0.717) is 0 Å². The van der Waals surface area contributed by atoms with Crippen LogP contribution in [0.2, 0.25) is 0 Å². The molecular weight excluding hydrogens is 168 g/mol. The molecule has 0 radical (unpaired) electrons. The number of hydrogen-bond acceptors (Lipinski definition) is 2. The minimum absolute atomic E-state index is 0.791. The molecule has 0 bridgehead atoms. The van der Waals surface area contributed by atoms with Gasteiger partial charge in [-0.25, -0.2) is 0 Å². The fourth-order valence-corrected chi connectivity index (χ4v) is 1.26. The van der Waals surface area contributed by atoms with E-state index in [-0.39, 0.29) is 0 Å². The summed E-state index contributed by atoms with van der Waals surface area (Å²) in [5, 5.41) is 4.32. The van der Waals surface area contributed by atoms with Crippen molar-refractivity contribution in [2.24, 2.45) is 0 Å². The minimum atomic E-state index is 0.791. The molecule has 0 amide bonds. The second kappa shape index (κ2) is 4.36. The van der Waals surface area contributed by atoms with Crippen molar-refractivity contribution in [2.45, 2.75) is 20.4 Å². The van der Waals surface area contributed by atoms with Crippen LogP contribution in [0.15, 0.2) is 18.2 Å². The van der Waals surface area contributed by atoms with Crippen LogP contribution in [0.1, 0.15) is 11.4 Å². The highest BCUT2D eigenvalue weighted by atomic mass is 32.1. The van der Waals surface area contributed by atoms with E-state index in [2.05, 4.69) is 36.8 Å². The van der Waals surface area contributed by atoms with E-state index < -0.39 is 0 Å². The Morgan fingerprint density at radius 3 is 2.75 bits per heavy atom. The van der Waals surface area contributed by atoms with Gasteiger partial charge in [-0.3, -0.25) is 4.68 Å². The van der Waals surface area contributed by atoms with Crippen molar-refractivity contribution in [1.82, 2.24) is 9.78 Å². The maximum absolute atomic E-state index is 4.32. The Morgan fingerprint density at radius 2 is 2.25 bits per heavy atom. The maximum atomic E-state index is 4.32. The molecule has 0 saturated carbocycles. The van der Waals surface area contributed by atoms with Crippen LogP contribution in [0.4, 0.5) is 0 Å². The lowest BCUT2D eigenvalue weighted by Gasteiger charge is -1.97. The first-order valence-corrected chi connectivity index (χ1v) is 4.64. The van der Waals surface area contributed by atoms with Crippen molar-refractivity contribution in [1.29, 1.82) is 0 Å². The van der Waals surface area contributed by atoms with Gasteiger partial charge >= 0.3 is 0 Å². The minimum Gasteiger partial charge on any atom is -0.266 e. The summed E-state index contributed by atoms with van der Waals surface area (Å²) in [6, 6.07) is 2.08. The Hall–Kier alpha value is -0.700. The Labute approximate surface area is 78.7 Å². The quantitative estimate of drug-likeness (QED) is 0.559. The third-order valence-electron chi connectivity index (χ3n) is 1.65. The van der Waals surface area contributed by atoms with Crippen molar-refractivity contribution in [3.05, 3.63) is 29.6 Å². The van der Waals surface area contributed by atoms with E-state index >= 15 is 0 Å². The summed E-state index contributed by atoms with van der Waals surface area (Å²) in [5.74, 6) is 0.791. The zero-order valence-electron chi connectivity index (χ0n) is 7.49. The first-order valence-electron chi connectivity index (χ1n) is 4.01. The first kappa shape index (κ1) is 9.39. The van der Waals surface area contributed by atoms with Crippen LogP contribution in [0.25, 0.3) is 0 Å². The predicted octanol–water partition coefficient (Wildman–Crippen LogP) is 1.99. The van der Waals surface area contributed by atoms with Crippen LogP contribution < -0.4 is 0 Å². The Bertz CT molecular complexity index is 276. The van der Waals surface area contributed by atoms with Crippen molar-refractivity contribution < 1.29 is 0 Å². The number of allylic oxidation sites excluding steroid dienone is 1. The summed E-state index contributed by atoms with van der Waals surface area (Å²) >= 11 is 4.08. The molecule has 0 aliphatic rings. The van der Waals surface area contributed by atoms with Crippen LogP contribution in [-0.2, 0) is 6.54 Å². The van der Waals surface area contributed by atoms with Gasteiger partial charge in [0.05, 0.1) is 12.2 Å². The highest BCUT2D eigenvalue weighted by Crippen LogP contribution is 2.01. The summed E-state index contributed by atoms with van der Waals surface area (Å²) in [6.07, 6.45) is 4.10. The van der Waals surface area contributed by atoms with Gasteiger partial charge in [-0.2, -0.15) is 17.7 Å². The van der Waals surface area contributed by atoms with Crippen molar-refractivity contribution in [2.75, 3.05) is 5.75 Å². The zero-order valence-corrected chi connectivity index (χ0v) is 8.38. The number of rotatable bonds is 3. The number of thiol groups is 1. The van der Waals surface area contributed by atoms with Gasteiger partial charge in [0.2, 0.25) is 0 Å². The van der Waals surface area contributed by atoms with Gasteiger partial charge in [0, 0.05) is 11.4 Å². The fourth-order valence-electron chi connectivity index (χ4n) is 1.11. The van der Waals surface area contributed by atoms with E-state index in [9.17, 15) is 0 Å². The van der Waals surface area contributed by atoms with E-state index in [1.54, 1.807) is 0 Å². The largest absolute Gasteiger partial charge is 0.266 e. The van der Waals surface area contributed by atoms with Crippen LogP contribution >= 0.6 is 12.6 Å². The molecule has 0 saturated heterocycles. The molecule has 66 valence electrons. The molecule has 0 aliphatic heterocycles. The lowest BCUT2D eigenvalue weighted by atomic mass is 10.4. The standard InChI is InChI=1S/C9H14N2S/c1-8-7-9(2)11(10-8)5-3-4-6-12/h3-4,7,12H,5-6H2,1-2H3. The maximum Gasteiger partial charge on any atom is 0.0596 e. The molecule has 0 aliphatic carbocycles. The van der Waals surface area contributed by atoms with Gasteiger partial charge in [0.15, 0.2) is 0 Å². The van der Waals surface area contributed by atoms with Crippen LogP contribution in [0.3, 0.4) is 0 Å². The summed E-state index contributed by atoms with van der Waals surface area (Å²) in [7, 11) is 0. The van der Waals surface area contributed by atoms with Crippen molar-refractivity contribution >= 4 is 12.6 Å². The summed E-state index contributed by atoms with van der Waals surface area (Å²) < 4.78 is 1.98. The normalized spacial score (nSPS) is 11.2. The van der Waals surface area contributed by atoms with Gasteiger partial charge < -0.3 is 0 Å². The Kier molecular flexibility index (Phi) is 3.41. The van der Waals surface area contributed by atoms with Crippen molar-refractivity contribution in [3.63, 3.8) is 0 Å². The van der Waals surface area contributed by atoms with Crippen LogP contribution in [0.5, 0.6) is 0 Å². The van der Waals surface area contributed by atoms with E-state index in [1.165, 1.54) is 5.69 Å². The van der Waals surface area contributed by atoms with E-state index in [1.807, 2.05) is 17.7 Å². The SMILES string of the molecule is Cc1cc(C)n(CC=CCS)n1. The number of nitrogens with zero attached hydrogens (tertiary/aromatic N) is 2. The highest BCUT2D eigenvalue weighted by Gasteiger charge is 1.96. The number of aromatic nitrogens is 2. The molecule has 1 aromatic heterocycles. The molecule has 1 heterocycles. The molecule has 0 fully saturated rings. The molecule has 0 aromatic carbocycles. The third-order valence-corrected chi connectivity index (χ3v) is 1.86. The van der Waals surface area contributed by atoms with Crippen LogP contribution in [-0.4, -0.2) is 15.5 Å². The topological polar surface area (TPSA) is 17.8 Å². The molecule has 0 unspecified atom stereocenters. The molecule has 0 N–H and O–H groups in total. The van der Waals surface area contributed by atoms with Gasteiger partial charge in [-0.15, -0.1) is 0 Å². The average Bonchev–Trinajstić information content (AvgIpc) is 2.31. The second-order valence-corrected chi connectivity index (χ2v) is 3.13. The van der Waals surface area contributed by atoms with Gasteiger partial charge in [-0.05, 0) is 19.9 Å². The second-order valence-electron chi connectivity index (χ2n) is 2.76. The van der Waals surface area contributed by atoms with Gasteiger partial charge in [0.1, 0.15) is 0 Å². The van der Waals surface area contributed by atoms with E-state index in [4.69, 9.17) is 0 Å². The first-order chi connectivity index (χ1) is 5.74. The molecule has 1 rings (SSSR count). The number of aryl methyl sites for hydroxylation is 2. The fraction of sp³-hybridized carbons (Fsp3) is 0.444. The summed E-state index contributed by atoms with van der Waals surface area (Å²) in [5.41, 5.74) is 2.28. The lowest BCUT2D eigenvalue weighted by molar-refractivity contribution is 0.672. The molecule has 0 atom stereocenters. The monoisotopic (exact) mass is 182 g/mol. The van der Waals surface area contributed by atoms with Gasteiger partial charge in [-0.1, -0.05) is 12.2 Å². The summed E-state index contributed by atoms with van der Waals surface area (Å²) in [6.45, 7) is 4.92.